The van der Waals surface area contributed by atoms with E-state index in [0.717, 1.165) is 24.3 Å². The molecule has 1 aromatic rings. The molecule has 1 N–H and O–H groups in total. The van der Waals surface area contributed by atoms with Crippen LogP contribution in [0.1, 0.15) is 24.5 Å². The average Bonchev–Trinajstić information content (AvgIpc) is 2.80. The summed E-state index contributed by atoms with van der Waals surface area (Å²) in [5.74, 6) is 6.61. The molecule has 1 saturated heterocycles. The van der Waals surface area contributed by atoms with Crippen LogP contribution in [0.25, 0.3) is 0 Å². The highest BCUT2D eigenvalue weighted by Gasteiger charge is 2.24. The van der Waals surface area contributed by atoms with Crippen molar-refractivity contribution in [2.75, 3.05) is 13.2 Å². The fourth-order valence-electron chi connectivity index (χ4n) is 2.01. The van der Waals surface area contributed by atoms with Gasteiger partial charge in [0.2, 0.25) is 0 Å². The maximum absolute atomic E-state index is 8.68. The zero-order valence-corrected chi connectivity index (χ0v) is 11.4. The van der Waals surface area contributed by atoms with Gasteiger partial charge < -0.3 is 9.84 Å². The lowest BCUT2D eigenvalue weighted by molar-refractivity contribution is 0.127. The molecule has 0 bridgehead atoms. The summed E-state index contributed by atoms with van der Waals surface area (Å²) in [5, 5.41) is 9.29. The van der Waals surface area contributed by atoms with Crippen molar-refractivity contribution in [1.82, 2.24) is 0 Å². The van der Waals surface area contributed by atoms with Crippen LogP contribution in [-0.2, 0) is 10.5 Å². The summed E-state index contributed by atoms with van der Waals surface area (Å²) in [4.78, 5) is 0. The fourth-order valence-corrected chi connectivity index (χ4v) is 3.21. The van der Waals surface area contributed by atoms with Crippen molar-refractivity contribution in [2.45, 2.75) is 30.5 Å². The second-order valence-electron chi connectivity index (χ2n) is 4.37. The van der Waals surface area contributed by atoms with E-state index in [-0.39, 0.29) is 6.61 Å². The highest BCUT2D eigenvalue weighted by molar-refractivity contribution is 7.99. The minimum atomic E-state index is -0.0874. The third-order valence-electron chi connectivity index (χ3n) is 3.01. The van der Waals surface area contributed by atoms with Gasteiger partial charge in [0.25, 0.3) is 0 Å². The van der Waals surface area contributed by atoms with E-state index in [9.17, 15) is 0 Å². The SMILES string of the molecule is CC1OCCC1SCc1cccc(C#CCO)c1. The molecule has 0 aliphatic carbocycles. The topological polar surface area (TPSA) is 29.5 Å². The first-order chi connectivity index (χ1) is 8.79. The van der Waals surface area contributed by atoms with Crippen LogP contribution in [-0.4, -0.2) is 29.7 Å². The molecule has 1 fully saturated rings. The molecule has 18 heavy (non-hydrogen) atoms. The van der Waals surface area contributed by atoms with Crippen LogP contribution in [0.3, 0.4) is 0 Å². The lowest BCUT2D eigenvalue weighted by Crippen LogP contribution is -2.13. The average molecular weight is 262 g/mol. The second kappa shape index (κ2) is 6.84. The van der Waals surface area contributed by atoms with E-state index in [0.29, 0.717) is 11.4 Å². The van der Waals surface area contributed by atoms with E-state index in [2.05, 4.69) is 30.9 Å². The van der Waals surface area contributed by atoms with Gasteiger partial charge in [0.1, 0.15) is 6.61 Å². The van der Waals surface area contributed by atoms with Crippen molar-refractivity contribution in [2.24, 2.45) is 0 Å². The van der Waals surface area contributed by atoms with Gasteiger partial charge in [0.05, 0.1) is 6.10 Å². The van der Waals surface area contributed by atoms with Gasteiger partial charge in [0, 0.05) is 23.2 Å². The van der Waals surface area contributed by atoms with E-state index >= 15 is 0 Å². The van der Waals surface area contributed by atoms with Crippen molar-refractivity contribution in [3.8, 4) is 11.8 Å². The van der Waals surface area contributed by atoms with E-state index in [4.69, 9.17) is 9.84 Å². The maximum Gasteiger partial charge on any atom is 0.104 e. The monoisotopic (exact) mass is 262 g/mol. The van der Waals surface area contributed by atoms with E-state index in [1.807, 2.05) is 23.9 Å². The Morgan fingerprint density at radius 1 is 1.50 bits per heavy atom. The van der Waals surface area contributed by atoms with Crippen LogP contribution in [0, 0.1) is 11.8 Å². The largest absolute Gasteiger partial charge is 0.384 e. The van der Waals surface area contributed by atoms with Crippen LogP contribution >= 0.6 is 11.8 Å². The summed E-state index contributed by atoms with van der Waals surface area (Å²) >= 11 is 1.96. The van der Waals surface area contributed by atoms with Gasteiger partial charge >= 0.3 is 0 Å². The first-order valence-corrected chi connectivity index (χ1v) is 7.26. The predicted molar refractivity (Wildman–Crippen MR) is 75.5 cm³/mol. The molecule has 0 aromatic heterocycles. The van der Waals surface area contributed by atoms with Crippen molar-refractivity contribution >= 4 is 11.8 Å². The lowest BCUT2D eigenvalue weighted by Gasteiger charge is -2.13. The molecule has 1 heterocycles. The Morgan fingerprint density at radius 2 is 2.39 bits per heavy atom. The van der Waals surface area contributed by atoms with Gasteiger partial charge in [-0.15, -0.1) is 0 Å². The molecular weight excluding hydrogens is 244 g/mol. The zero-order valence-electron chi connectivity index (χ0n) is 10.6. The first kappa shape index (κ1) is 13.5. The predicted octanol–water partition coefficient (Wildman–Crippen LogP) is 2.44. The quantitative estimate of drug-likeness (QED) is 0.848. The number of hydrogen-bond acceptors (Lipinski definition) is 3. The number of aliphatic hydroxyl groups excluding tert-OH is 1. The van der Waals surface area contributed by atoms with Gasteiger partial charge in [0.15, 0.2) is 0 Å². The van der Waals surface area contributed by atoms with Crippen LogP contribution < -0.4 is 0 Å². The fraction of sp³-hybridized carbons (Fsp3) is 0.467. The Labute approximate surface area is 113 Å². The second-order valence-corrected chi connectivity index (χ2v) is 5.60. The normalized spacial score (nSPS) is 22.6. The third-order valence-corrected chi connectivity index (χ3v) is 4.56. The lowest BCUT2D eigenvalue weighted by atomic mass is 10.1. The van der Waals surface area contributed by atoms with E-state index in [1.165, 1.54) is 5.56 Å². The third kappa shape index (κ3) is 3.78. The molecule has 1 aliphatic heterocycles. The molecule has 1 aliphatic rings. The number of thioether (sulfide) groups is 1. The molecule has 2 rings (SSSR count). The van der Waals surface area contributed by atoms with E-state index in [1.54, 1.807) is 0 Å². The van der Waals surface area contributed by atoms with Gasteiger partial charge in [-0.2, -0.15) is 11.8 Å². The van der Waals surface area contributed by atoms with Crippen LogP contribution in [0.5, 0.6) is 0 Å². The molecule has 2 atom stereocenters. The number of ether oxygens (including phenoxy) is 1. The maximum atomic E-state index is 8.68. The van der Waals surface area contributed by atoms with Crippen molar-refractivity contribution in [3.63, 3.8) is 0 Å². The summed E-state index contributed by atoms with van der Waals surface area (Å²) in [6.45, 7) is 2.95. The first-order valence-electron chi connectivity index (χ1n) is 6.21. The van der Waals surface area contributed by atoms with E-state index < -0.39 is 0 Å². The summed E-state index contributed by atoms with van der Waals surface area (Å²) in [5.41, 5.74) is 2.25. The molecule has 3 heteroatoms. The van der Waals surface area contributed by atoms with Crippen LogP contribution in [0.15, 0.2) is 24.3 Å². The molecule has 96 valence electrons. The Morgan fingerprint density at radius 3 is 3.11 bits per heavy atom. The number of aliphatic hydroxyl groups is 1. The number of rotatable bonds is 3. The highest BCUT2D eigenvalue weighted by atomic mass is 32.2. The van der Waals surface area contributed by atoms with Crippen molar-refractivity contribution in [1.29, 1.82) is 0 Å². The van der Waals surface area contributed by atoms with Gasteiger partial charge in [-0.1, -0.05) is 24.0 Å². The number of benzene rings is 1. The molecule has 0 radical (unpaired) electrons. The molecule has 0 saturated carbocycles. The van der Waals surface area contributed by atoms with Crippen molar-refractivity contribution < 1.29 is 9.84 Å². The van der Waals surface area contributed by atoms with Crippen LogP contribution in [0.4, 0.5) is 0 Å². The summed E-state index contributed by atoms with van der Waals surface area (Å²) in [6.07, 6.45) is 1.52. The van der Waals surface area contributed by atoms with Crippen molar-refractivity contribution in [3.05, 3.63) is 35.4 Å². The Balaban J connectivity index is 1.92. The summed E-state index contributed by atoms with van der Waals surface area (Å²) < 4.78 is 5.56. The minimum absolute atomic E-state index is 0.0874. The Kier molecular flexibility index (Phi) is 5.12. The summed E-state index contributed by atoms with van der Waals surface area (Å²) in [7, 11) is 0. The molecular formula is C15H18O2S. The Hall–Kier alpha value is -0.950. The molecule has 2 nitrogen and oxygen atoms in total. The minimum Gasteiger partial charge on any atom is -0.384 e. The standard InChI is InChI=1S/C15H18O2S/c1-12-15(7-9-17-12)18-11-14-5-2-4-13(10-14)6-3-8-16/h2,4-5,10,12,15-16H,7-9,11H2,1H3. The zero-order chi connectivity index (χ0) is 12.8. The number of hydrogen-bond donors (Lipinski definition) is 1. The Bertz CT molecular complexity index is 447. The molecule has 1 aromatic carbocycles. The van der Waals surface area contributed by atoms with Gasteiger partial charge in [-0.25, -0.2) is 0 Å². The highest BCUT2D eigenvalue weighted by Crippen LogP contribution is 2.29. The van der Waals surface area contributed by atoms with Gasteiger partial charge in [-0.05, 0) is 31.0 Å². The summed E-state index contributed by atoms with van der Waals surface area (Å²) in [6, 6.07) is 8.21. The molecule has 2 unspecified atom stereocenters. The molecule has 0 amide bonds. The smallest absolute Gasteiger partial charge is 0.104 e. The van der Waals surface area contributed by atoms with Crippen LogP contribution in [0.2, 0.25) is 0 Å². The van der Waals surface area contributed by atoms with Gasteiger partial charge in [-0.3, -0.25) is 0 Å². The molecule has 0 spiro atoms.